The molecule has 2 aliphatic rings. The van der Waals surface area contributed by atoms with Crippen LogP contribution in [0.15, 0.2) is 23.5 Å². The van der Waals surface area contributed by atoms with Gasteiger partial charge in [0.2, 0.25) is 5.95 Å². The summed E-state index contributed by atoms with van der Waals surface area (Å²) in [5.74, 6) is 1.57. The van der Waals surface area contributed by atoms with Crippen LogP contribution in [0.5, 0.6) is 0 Å². The van der Waals surface area contributed by atoms with Gasteiger partial charge in [0.25, 0.3) is 0 Å². The lowest BCUT2D eigenvalue weighted by atomic mass is 10.1. The van der Waals surface area contributed by atoms with Crippen molar-refractivity contribution in [2.75, 3.05) is 64.3 Å². The van der Waals surface area contributed by atoms with Crippen molar-refractivity contribution in [3.8, 4) is 0 Å². The van der Waals surface area contributed by atoms with Crippen molar-refractivity contribution in [3.05, 3.63) is 18.5 Å². The predicted molar refractivity (Wildman–Crippen MR) is 117 cm³/mol. The van der Waals surface area contributed by atoms with E-state index in [1.807, 2.05) is 26.8 Å². The van der Waals surface area contributed by atoms with Gasteiger partial charge < -0.3 is 25.2 Å². The molecule has 0 saturated carbocycles. The number of rotatable bonds is 5. The van der Waals surface area contributed by atoms with Gasteiger partial charge >= 0.3 is 6.09 Å². The number of piperazine rings is 1. The van der Waals surface area contributed by atoms with Gasteiger partial charge in [-0.2, -0.15) is 0 Å². The summed E-state index contributed by atoms with van der Waals surface area (Å²) in [6.45, 7) is 12.5. The van der Waals surface area contributed by atoms with E-state index < -0.39 is 5.60 Å². The SMILES string of the molecule is CN=C(NCCN1CCN(c2ncccn2)CC1)NC1CN(C(=O)OC(C)(C)C)C1. The second-order valence-electron chi connectivity index (χ2n) is 8.60. The Morgan fingerprint density at radius 3 is 2.47 bits per heavy atom. The summed E-state index contributed by atoms with van der Waals surface area (Å²) in [7, 11) is 1.76. The zero-order chi connectivity index (χ0) is 21.6. The Bertz CT molecular complexity index is 707. The molecule has 0 atom stereocenters. The Morgan fingerprint density at radius 2 is 1.87 bits per heavy atom. The second kappa shape index (κ2) is 9.92. The molecule has 1 amide bonds. The van der Waals surface area contributed by atoms with E-state index in [2.05, 4.69) is 35.4 Å². The summed E-state index contributed by atoms with van der Waals surface area (Å²) in [5.41, 5.74) is -0.465. The van der Waals surface area contributed by atoms with Crippen LogP contribution in [-0.2, 0) is 4.74 Å². The molecule has 0 radical (unpaired) electrons. The molecule has 2 aliphatic heterocycles. The average Bonchev–Trinajstić information content (AvgIpc) is 2.68. The first-order valence-electron chi connectivity index (χ1n) is 10.5. The fourth-order valence-corrected chi connectivity index (χ4v) is 3.39. The summed E-state index contributed by atoms with van der Waals surface area (Å²) < 4.78 is 5.39. The molecule has 10 heteroatoms. The molecule has 0 aliphatic carbocycles. The summed E-state index contributed by atoms with van der Waals surface area (Å²) in [5, 5.41) is 6.73. The normalized spacial score (nSPS) is 18.7. The topological polar surface area (TPSA) is 98.2 Å². The molecule has 2 saturated heterocycles. The lowest BCUT2D eigenvalue weighted by molar-refractivity contribution is 0.00701. The van der Waals surface area contributed by atoms with Crippen LogP contribution in [0, 0.1) is 0 Å². The number of guanidine groups is 1. The first-order valence-corrected chi connectivity index (χ1v) is 10.5. The van der Waals surface area contributed by atoms with Gasteiger partial charge in [-0.15, -0.1) is 0 Å². The lowest BCUT2D eigenvalue weighted by Gasteiger charge is -2.40. The fourth-order valence-electron chi connectivity index (χ4n) is 3.39. The summed E-state index contributed by atoms with van der Waals surface area (Å²) in [6.07, 6.45) is 3.31. The number of aliphatic imine (C=N–C) groups is 1. The minimum atomic E-state index is -0.465. The molecule has 0 unspecified atom stereocenters. The highest BCUT2D eigenvalue weighted by molar-refractivity contribution is 5.80. The van der Waals surface area contributed by atoms with E-state index in [1.165, 1.54) is 0 Å². The first kappa shape index (κ1) is 22.1. The number of hydrogen-bond donors (Lipinski definition) is 2. The molecule has 1 aromatic heterocycles. The molecule has 3 rings (SSSR count). The third-order valence-electron chi connectivity index (χ3n) is 5.03. The Morgan fingerprint density at radius 1 is 1.20 bits per heavy atom. The molecule has 0 aromatic carbocycles. The maximum atomic E-state index is 12.0. The molecular formula is C20H34N8O2. The maximum absolute atomic E-state index is 12.0. The number of nitrogens with zero attached hydrogens (tertiary/aromatic N) is 6. The van der Waals surface area contributed by atoms with Crippen LogP contribution in [0.2, 0.25) is 0 Å². The number of amides is 1. The van der Waals surface area contributed by atoms with Gasteiger partial charge in [0.1, 0.15) is 5.60 Å². The number of carbonyl (C=O) groups is 1. The maximum Gasteiger partial charge on any atom is 0.410 e. The Hall–Kier alpha value is -2.62. The van der Waals surface area contributed by atoms with Crippen LogP contribution < -0.4 is 15.5 Å². The van der Waals surface area contributed by atoms with Crippen LogP contribution in [-0.4, -0.2) is 103 Å². The van der Waals surface area contributed by atoms with Crippen molar-refractivity contribution in [3.63, 3.8) is 0 Å². The Balaban J connectivity index is 1.30. The third-order valence-corrected chi connectivity index (χ3v) is 5.03. The second-order valence-corrected chi connectivity index (χ2v) is 8.60. The molecule has 2 N–H and O–H groups in total. The number of hydrogen-bond acceptors (Lipinski definition) is 7. The van der Waals surface area contributed by atoms with E-state index in [4.69, 9.17) is 4.74 Å². The Labute approximate surface area is 178 Å². The molecule has 3 heterocycles. The summed E-state index contributed by atoms with van der Waals surface area (Å²) in [4.78, 5) is 31.3. The number of ether oxygens (including phenoxy) is 1. The number of carbonyl (C=O) groups excluding carboxylic acids is 1. The standard InChI is InChI=1S/C20H34N8O2/c1-20(2,3)30-19(29)28-14-16(15-28)25-17(21-4)22-8-9-26-10-12-27(13-11-26)18-23-6-5-7-24-18/h5-7,16H,8-15H2,1-4H3,(H2,21,22,25). The van der Waals surface area contributed by atoms with Gasteiger partial charge in [0, 0.05) is 71.8 Å². The smallest absolute Gasteiger partial charge is 0.410 e. The van der Waals surface area contributed by atoms with Crippen LogP contribution in [0.4, 0.5) is 10.7 Å². The zero-order valence-corrected chi connectivity index (χ0v) is 18.5. The molecule has 0 bridgehead atoms. The van der Waals surface area contributed by atoms with Gasteiger partial charge in [0.05, 0.1) is 6.04 Å². The number of aromatic nitrogens is 2. The molecule has 1 aromatic rings. The number of anilines is 1. The third kappa shape index (κ3) is 6.45. The van der Waals surface area contributed by atoms with Crippen LogP contribution in [0.1, 0.15) is 20.8 Å². The van der Waals surface area contributed by atoms with E-state index in [1.54, 1.807) is 24.3 Å². The highest BCUT2D eigenvalue weighted by Crippen LogP contribution is 2.15. The van der Waals surface area contributed by atoms with Crippen LogP contribution in [0.25, 0.3) is 0 Å². The minimum absolute atomic E-state index is 0.193. The quantitative estimate of drug-likeness (QED) is 0.523. The van der Waals surface area contributed by atoms with E-state index in [0.29, 0.717) is 13.1 Å². The van der Waals surface area contributed by atoms with Gasteiger partial charge in [-0.05, 0) is 26.8 Å². The van der Waals surface area contributed by atoms with Gasteiger partial charge in [-0.25, -0.2) is 14.8 Å². The molecule has 10 nitrogen and oxygen atoms in total. The fraction of sp³-hybridized carbons (Fsp3) is 0.700. The highest BCUT2D eigenvalue weighted by Gasteiger charge is 2.34. The van der Waals surface area contributed by atoms with E-state index in [9.17, 15) is 4.79 Å². The summed E-state index contributed by atoms with van der Waals surface area (Å²) >= 11 is 0. The molecule has 0 spiro atoms. The van der Waals surface area contributed by atoms with E-state index in [0.717, 1.165) is 51.2 Å². The van der Waals surface area contributed by atoms with Gasteiger partial charge in [0.15, 0.2) is 5.96 Å². The van der Waals surface area contributed by atoms with Crippen molar-refractivity contribution in [2.45, 2.75) is 32.4 Å². The van der Waals surface area contributed by atoms with E-state index in [-0.39, 0.29) is 12.1 Å². The molecule has 30 heavy (non-hydrogen) atoms. The molecule has 166 valence electrons. The van der Waals surface area contributed by atoms with Crippen LogP contribution in [0.3, 0.4) is 0 Å². The van der Waals surface area contributed by atoms with Crippen molar-refractivity contribution in [1.82, 2.24) is 30.4 Å². The first-order chi connectivity index (χ1) is 14.3. The van der Waals surface area contributed by atoms with Crippen molar-refractivity contribution < 1.29 is 9.53 Å². The van der Waals surface area contributed by atoms with Crippen molar-refractivity contribution >= 4 is 18.0 Å². The monoisotopic (exact) mass is 418 g/mol. The summed E-state index contributed by atoms with van der Waals surface area (Å²) in [6, 6.07) is 2.03. The van der Waals surface area contributed by atoms with Gasteiger partial charge in [-0.1, -0.05) is 0 Å². The highest BCUT2D eigenvalue weighted by atomic mass is 16.6. The van der Waals surface area contributed by atoms with Gasteiger partial charge in [-0.3, -0.25) is 9.89 Å². The average molecular weight is 419 g/mol. The molecular weight excluding hydrogens is 384 g/mol. The molecule has 2 fully saturated rings. The van der Waals surface area contributed by atoms with Crippen LogP contribution >= 0.6 is 0 Å². The Kier molecular flexibility index (Phi) is 7.30. The van der Waals surface area contributed by atoms with Crippen molar-refractivity contribution in [2.24, 2.45) is 4.99 Å². The van der Waals surface area contributed by atoms with E-state index >= 15 is 0 Å². The lowest BCUT2D eigenvalue weighted by Crippen LogP contribution is -2.63. The largest absolute Gasteiger partial charge is 0.444 e. The minimum Gasteiger partial charge on any atom is -0.444 e. The number of nitrogens with one attached hydrogen (secondary N) is 2. The van der Waals surface area contributed by atoms with Crippen molar-refractivity contribution in [1.29, 1.82) is 0 Å². The zero-order valence-electron chi connectivity index (χ0n) is 18.5. The number of likely N-dealkylation sites (tertiary alicyclic amines) is 1. The predicted octanol–water partition coefficient (Wildman–Crippen LogP) is 0.383.